The van der Waals surface area contributed by atoms with Gasteiger partial charge >= 0.3 is 0 Å². The molecule has 0 aromatic carbocycles. The molecule has 4 bridgehead atoms. The van der Waals surface area contributed by atoms with E-state index in [1.165, 1.54) is 6.20 Å². The molecule has 8 nitrogen and oxygen atoms in total. The average Bonchev–Trinajstić information content (AvgIpc) is 2.64. The first-order valence-corrected chi connectivity index (χ1v) is 9.81. The number of pyridine rings is 1. The van der Waals surface area contributed by atoms with Crippen molar-refractivity contribution in [2.75, 3.05) is 10.6 Å². The van der Waals surface area contributed by atoms with E-state index < -0.39 is 11.5 Å². The SMILES string of the molecule is NC(=O)c1cnc(Nc2cnccn2)cc1N[C@H]1[C@@H]2C[C@H]3C[C@H]1C[C@@](O)(C3)C2. The minimum atomic E-state index is -0.511. The van der Waals surface area contributed by atoms with Gasteiger partial charge in [-0.1, -0.05) is 0 Å². The molecule has 2 heterocycles. The molecule has 5 N–H and O–H groups in total. The molecule has 28 heavy (non-hydrogen) atoms. The number of nitrogens with one attached hydrogen (secondary N) is 2. The van der Waals surface area contributed by atoms with E-state index in [0.717, 1.165) is 32.1 Å². The van der Waals surface area contributed by atoms with Crippen molar-refractivity contribution in [3.8, 4) is 0 Å². The lowest BCUT2D eigenvalue weighted by Crippen LogP contribution is -2.59. The summed E-state index contributed by atoms with van der Waals surface area (Å²) in [6.45, 7) is 0. The van der Waals surface area contributed by atoms with Crippen molar-refractivity contribution < 1.29 is 9.90 Å². The predicted octanol–water partition coefficient (Wildman–Crippen LogP) is 2.07. The molecular weight excluding hydrogens is 356 g/mol. The molecule has 2 aromatic heterocycles. The van der Waals surface area contributed by atoms with Gasteiger partial charge in [-0.2, -0.15) is 0 Å². The standard InChI is InChI=1S/C20H24N6O2/c21-19(27)14-9-24-16(26-17-10-22-1-2-23-17)5-15(14)25-18-12-3-11-4-13(18)8-20(28,6-11)7-12/h1-2,5,9-13,18,28H,3-4,6-8H2,(H2,21,27)(H2,23,24,25,26)/t11-,12+,13-,18-,20+. The van der Waals surface area contributed by atoms with Crippen LogP contribution in [0.1, 0.15) is 42.5 Å². The van der Waals surface area contributed by atoms with E-state index in [0.29, 0.717) is 40.6 Å². The Bertz CT molecular complexity index is 889. The Morgan fingerprint density at radius 3 is 2.54 bits per heavy atom. The van der Waals surface area contributed by atoms with Crippen LogP contribution in [0.15, 0.2) is 30.9 Å². The highest BCUT2D eigenvalue weighted by atomic mass is 16.3. The van der Waals surface area contributed by atoms with Gasteiger partial charge in [-0.25, -0.2) is 9.97 Å². The molecule has 8 heteroatoms. The topological polar surface area (TPSA) is 126 Å². The first-order valence-electron chi connectivity index (χ1n) is 9.81. The van der Waals surface area contributed by atoms with Crippen molar-refractivity contribution in [3.05, 3.63) is 36.4 Å². The van der Waals surface area contributed by atoms with Crippen LogP contribution in [0.4, 0.5) is 17.3 Å². The van der Waals surface area contributed by atoms with E-state index in [2.05, 4.69) is 25.6 Å². The van der Waals surface area contributed by atoms with Gasteiger partial charge in [0.15, 0.2) is 0 Å². The Morgan fingerprint density at radius 2 is 1.89 bits per heavy atom. The Hall–Kier alpha value is -2.74. The van der Waals surface area contributed by atoms with Crippen LogP contribution in [0.25, 0.3) is 0 Å². The number of carbonyl (C=O) groups is 1. The molecule has 5 atom stereocenters. The zero-order valence-corrected chi connectivity index (χ0v) is 15.5. The smallest absolute Gasteiger partial charge is 0.252 e. The van der Waals surface area contributed by atoms with Crippen molar-refractivity contribution in [2.24, 2.45) is 23.5 Å². The molecule has 4 saturated carbocycles. The van der Waals surface area contributed by atoms with Crippen molar-refractivity contribution in [1.82, 2.24) is 15.0 Å². The number of hydrogen-bond acceptors (Lipinski definition) is 7. The zero-order valence-electron chi connectivity index (χ0n) is 15.5. The molecule has 0 saturated heterocycles. The van der Waals surface area contributed by atoms with Gasteiger partial charge in [0.25, 0.3) is 5.91 Å². The van der Waals surface area contributed by atoms with Crippen LogP contribution in [0, 0.1) is 17.8 Å². The highest BCUT2D eigenvalue weighted by Crippen LogP contribution is 2.56. The van der Waals surface area contributed by atoms with Gasteiger partial charge in [0.2, 0.25) is 0 Å². The second-order valence-corrected chi connectivity index (χ2v) is 8.56. The van der Waals surface area contributed by atoms with Gasteiger partial charge in [-0.15, -0.1) is 0 Å². The van der Waals surface area contributed by atoms with Crippen LogP contribution in [0.2, 0.25) is 0 Å². The molecule has 1 amide bonds. The summed E-state index contributed by atoms with van der Waals surface area (Å²) in [6, 6.07) is 2.04. The first kappa shape index (κ1) is 17.4. The third-order valence-electron chi connectivity index (χ3n) is 6.55. The number of amides is 1. The highest BCUT2D eigenvalue weighted by Gasteiger charge is 2.54. The van der Waals surface area contributed by atoms with Crippen molar-refractivity contribution >= 4 is 23.2 Å². The molecule has 0 spiro atoms. The molecule has 4 aliphatic carbocycles. The minimum Gasteiger partial charge on any atom is -0.390 e. The lowest BCUT2D eigenvalue weighted by molar-refractivity contribution is -0.129. The van der Waals surface area contributed by atoms with Gasteiger partial charge in [0, 0.05) is 30.7 Å². The number of anilines is 3. The molecule has 4 fully saturated rings. The molecule has 6 rings (SSSR count). The Morgan fingerprint density at radius 1 is 1.11 bits per heavy atom. The number of primary amides is 1. The molecular formula is C20H24N6O2. The Balaban J connectivity index is 1.42. The number of carbonyl (C=O) groups excluding carboxylic acids is 1. The van der Waals surface area contributed by atoms with Crippen LogP contribution in [0.3, 0.4) is 0 Å². The number of aromatic nitrogens is 3. The lowest BCUT2D eigenvalue weighted by atomic mass is 9.52. The van der Waals surface area contributed by atoms with Crippen LogP contribution in [-0.2, 0) is 0 Å². The molecule has 146 valence electrons. The van der Waals surface area contributed by atoms with Crippen molar-refractivity contribution in [2.45, 2.75) is 43.7 Å². The van der Waals surface area contributed by atoms with E-state index in [4.69, 9.17) is 5.73 Å². The van der Waals surface area contributed by atoms with Crippen molar-refractivity contribution in [1.29, 1.82) is 0 Å². The highest BCUT2D eigenvalue weighted by molar-refractivity contribution is 5.98. The molecule has 4 aliphatic rings. The maximum Gasteiger partial charge on any atom is 0.252 e. The first-order chi connectivity index (χ1) is 13.5. The summed E-state index contributed by atoms with van der Waals surface area (Å²) >= 11 is 0. The summed E-state index contributed by atoms with van der Waals surface area (Å²) in [5.41, 5.74) is 6.15. The monoisotopic (exact) mass is 380 g/mol. The van der Waals surface area contributed by atoms with Gasteiger partial charge in [0.05, 0.1) is 23.0 Å². The minimum absolute atomic E-state index is 0.238. The largest absolute Gasteiger partial charge is 0.390 e. The normalized spacial score (nSPS) is 32.9. The van der Waals surface area contributed by atoms with Crippen LogP contribution in [0.5, 0.6) is 0 Å². The maximum absolute atomic E-state index is 11.9. The van der Waals surface area contributed by atoms with Crippen LogP contribution in [-0.4, -0.2) is 37.6 Å². The number of hydrogen-bond donors (Lipinski definition) is 4. The summed E-state index contributed by atoms with van der Waals surface area (Å²) < 4.78 is 0. The summed E-state index contributed by atoms with van der Waals surface area (Å²) in [5.74, 6) is 2.09. The molecule has 0 aliphatic heterocycles. The lowest BCUT2D eigenvalue weighted by Gasteiger charge is -2.58. The van der Waals surface area contributed by atoms with E-state index in [-0.39, 0.29) is 6.04 Å². The third kappa shape index (κ3) is 3.07. The number of nitrogens with two attached hydrogens (primary N) is 1. The molecule has 0 radical (unpaired) electrons. The van der Waals surface area contributed by atoms with Gasteiger partial charge in [-0.3, -0.25) is 9.78 Å². The average molecular weight is 380 g/mol. The fraction of sp³-hybridized carbons (Fsp3) is 0.500. The summed E-state index contributed by atoms with van der Waals surface area (Å²) in [4.78, 5) is 24.5. The fourth-order valence-electron chi connectivity index (χ4n) is 5.73. The van der Waals surface area contributed by atoms with E-state index >= 15 is 0 Å². The number of nitrogens with zero attached hydrogens (tertiary/aromatic N) is 3. The quantitative estimate of drug-likeness (QED) is 0.625. The van der Waals surface area contributed by atoms with Crippen LogP contribution < -0.4 is 16.4 Å². The number of rotatable bonds is 5. The van der Waals surface area contributed by atoms with Gasteiger partial charge < -0.3 is 21.5 Å². The summed E-state index contributed by atoms with van der Waals surface area (Å²) in [5, 5.41) is 17.5. The predicted molar refractivity (Wildman–Crippen MR) is 104 cm³/mol. The second kappa shape index (κ2) is 6.41. The maximum atomic E-state index is 11.9. The van der Waals surface area contributed by atoms with Crippen molar-refractivity contribution in [3.63, 3.8) is 0 Å². The Kier molecular flexibility index (Phi) is 3.97. The second-order valence-electron chi connectivity index (χ2n) is 8.56. The van der Waals surface area contributed by atoms with Gasteiger partial charge in [0.1, 0.15) is 11.6 Å². The zero-order chi connectivity index (χ0) is 19.3. The summed E-state index contributed by atoms with van der Waals surface area (Å²) in [7, 11) is 0. The molecule has 0 unspecified atom stereocenters. The molecule has 2 aromatic rings. The summed E-state index contributed by atoms with van der Waals surface area (Å²) in [6.07, 6.45) is 11.2. The fourth-order valence-corrected chi connectivity index (χ4v) is 5.73. The third-order valence-corrected chi connectivity index (χ3v) is 6.55. The van der Waals surface area contributed by atoms with E-state index in [1.807, 2.05) is 0 Å². The Labute approximate surface area is 163 Å². The van der Waals surface area contributed by atoms with Gasteiger partial charge in [-0.05, 0) is 49.9 Å². The number of aliphatic hydroxyl groups is 1. The van der Waals surface area contributed by atoms with E-state index in [9.17, 15) is 9.90 Å². The van der Waals surface area contributed by atoms with E-state index in [1.54, 1.807) is 24.7 Å². The van der Waals surface area contributed by atoms with Crippen LogP contribution >= 0.6 is 0 Å².